The molecule has 0 spiro atoms. The molecular formula is C24H26NO3P. The fourth-order valence-electron chi connectivity index (χ4n) is 4.15. The maximum absolute atomic E-state index is 13.4. The van der Waals surface area contributed by atoms with Gasteiger partial charge in [-0.3, -0.25) is 0 Å². The second kappa shape index (κ2) is 8.25. The van der Waals surface area contributed by atoms with Crippen molar-refractivity contribution in [3.05, 3.63) is 108 Å². The molecule has 150 valence electrons. The maximum atomic E-state index is 13.4. The average molecular weight is 407 g/mol. The minimum absolute atomic E-state index is 0.0659. The van der Waals surface area contributed by atoms with Gasteiger partial charge < -0.3 is 20.1 Å². The van der Waals surface area contributed by atoms with E-state index in [4.69, 9.17) is 10.5 Å². The molecule has 3 atom stereocenters. The number of rotatable bonds is 6. The summed E-state index contributed by atoms with van der Waals surface area (Å²) in [6, 6.07) is 29.6. The lowest BCUT2D eigenvalue weighted by Crippen LogP contribution is -2.33. The number of aliphatic hydroxyl groups excluding tert-OH is 1. The zero-order valence-corrected chi connectivity index (χ0v) is 17.1. The van der Waals surface area contributed by atoms with E-state index in [1.165, 1.54) is 0 Å². The third kappa shape index (κ3) is 3.94. The van der Waals surface area contributed by atoms with E-state index in [0.717, 1.165) is 16.7 Å². The molecule has 3 aromatic rings. The molecular weight excluding hydrogens is 381 g/mol. The Balaban J connectivity index is 1.83. The molecule has 3 N–H and O–H groups in total. The van der Waals surface area contributed by atoms with Crippen molar-refractivity contribution in [3.63, 3.8) is 0 Å². The largest absolute Gasteiger partial charge is 0.391 e. The van der Waals surface area contributed by atoms with Crippen molar-refractivity contribution in [2.75, 3.05) is 18.7 Å². The van der Waals surface area contributed by atoms with Crippen molar-refractivity contribution < 1.29 is 14.4 Å². The van der Waals surface area contributed by atoms with Gasteiger partial charge in [0.25, 0.3) is 0 Å². The van der Waals surface area contributed by atoms with E-state index >= 15 is 0 Å². The third-order valence-corrected chi connectivity index (χ3v) is 8.34. The smallest absolute Gasteiger partial charge is 0.144 e. The van der Waals surface area contributed by atoms with Crippen LogP contribution < -0.4 is 5.73 Å². The Kier molecular flexibility index (Phi) is 5.71. The van der Waals surface area contributed by atoms with E-state index in [0.29, 0.717) is 6.16 Å². The monoisotopic (exact) mass is 407 g/mol. The Labute approximate surface area is 171 Å². The molecule has 1 fully saturated rings. The zero-order valence-electron chi connectivity index (χ0n) is 16.2. The normalized spacial score (nSPS) is 24.5. The number of hydrogen-bond donors (Lipinski definition) is 2. The Morgan fingerprint density at radius 3 is 1.59 bits per heavy atom. The summed E-state index contributed by atoms with van der Waals surface area (Å²) in [5.74, 6) is 0. The van der Waals surface area contributed by atoms with E-state index in [1.54, 1.807) is 0 Å². The van der Waals surface area contributed by atoms with Gasteiger partial charge in [0, 0.05) is 18.4 Å². The highest BCUT2D eigenvalue weighted by Crippen LogP contribution is 2.54. The van der Waals surface area contributed by atoms with Crippen LogP contribution in [-0.4, -0.2) is 35.9 Å². The van der Waals surface area contributed by atoms with E-state index in [2.05, 4.69) is 0 Å². The second-order valence-electron chi connectivity index (χ2n) is 7.71. The van der Waals surface area contributed by atoms with Gasteiger partial charge >= 0.3 is 0 Å². The summed E-state index contributed by atoms with van der Waals surface area (Å²) in [6.45, 7) is 0. The van der Waals surface area contributed by atoms with Gasteiger partial charge in [0.1, 0.15) is 19.1 Å². The Morgan fingerprint density at radius 2 is 1.24 bits per heavy atom. The van der Waals surface area contributed by atoms with Crippen LogP contribution in [0.4, 0.5) is 0 Å². The lowest BCUT2D eigenvalue weighted by Gasteiger charge is -2.36. The van der Waals surface area contributed by atoms with Crippen LogP contribution in [-0.2, 0) is 14.9 Å². The van der Waals surface area contributed by atoms with Crippen LogP contribution in [0.2, 0.25) is 0 Å². The van der Waals surface area contributed by atoms with Gasteiger partial charge in [-0.2, -0.15) is 0 Å². The molecule has 0 bridgehead atoms. The molecule has 4 rings (SSSR count). The van der Waals surface area contributed by atoms with Gasteiger partial charge in [-0.1, -0.05) is 91.0 Å². The summed E-state index contributed by atoms with van der Waals surface area (Å²) in [4.78, 5) is 0. The highest BCUT2D eigenvalue weighted by atomic mass is 31.2. The number of nitrogens with two attached hydrogens (primary N) is 1. The van der Waals surface area contributed by atoms with Crippen molar-refractivity contribution >= 4 is 7.14 Å². The van der Waals surface area contributed by atoms with Gasteiger partial charge in [0.15, 0.2) is 0 Å². The molecule has 0 amide bonds. The first-order chi connectivity index (χ1) is 14.0. The van der Waals surface area contributed by atoms with Gasteiger partial charge in [0.05, 0.1) is 6.10 Å². The molecule has 1 saturated heterocycles. The molecule has 1 aliphatic heterocycles. The lowest BCUT2D eigenvalue weighted by molar-refractivity contribution is 0.0423. The summed E-state index contributed by atoms with van der Waals surface area (Å²) >= 11 is 0. The Bertz CT molecular complexity index is 868. The predicted octanol–water partition coefficient (Wildman–Crippen LogP) is 4.02. The van der Waals surface area contributed by atoms with Crippen LogP contribution in [0.5, 0.6) is 0 Å². The first-order valence-corrected chi connectivity index (χ1v) is 12.1. The van der Waals surface area contributed by atoms with Gasteiger partial charge in [-0.25, -0.2) is 0 Å². The van der Waals surface area contributed by atoms with Crippen molar-refractivity contribution in [1.82, 2.24) is 0 Å². The summed E-state index contributed by atoms with van der Waals surface area (Å²) < 4.78 is 20.1. The number of aliphatic hydroxyl groups is 1. The summed E-state index contributed by atoms with van der Waals surface area (Å²) in [5, 5.41) is 10.1. The van der Waals surface area contributed by atoms with Crippen LogP contribution in [0.15, 0.2) is 91.0 Å². The molecule has 5 heteroatoms. The Hall–Kier alpha value is -2.23. The van der Waals surface area contributed by atoms with Crippen LogP contribution in [0.3, 0.4) is 0 Å². The number of ether oxygens (including phenoxy) is 1. The van der Waals surface area contributed by atoms with Crippen molar-refractivity contribution in [1.29, 1.82) is 0 Å². The van der Waals surface area contributed by atoms with E-state index in [9.17, 15) is 9.67 Å². The molecule has 1 aliphatic rings. The van der Waals surface area contributed by atoms with Crippen molar-refractivity contribution in [2.24, 2.45) is 5.73 Å². The molecule has 1 heterocycles. The summed E-state index contributed by atoms with van der Waals surface area (Å²) in [5.41, 5.74) is 7.94. The van der Waals surface area contributed by atoms with Crippen LogP contribution in [0.25, 0.3) is 0 Å². The first kappa shape index (κ1) is 20.1. The van der Waals surface area contributed by atoms with Crippen molar-refractivity contribution in [3.8, 4) is 0 Å². The minimum atomic E-state index is -2.74. The van der Waals surface area contributed by atoms with Crippen LogP contribution in [0.1, 0.15) is 16.7 Å². The van der Waals surface area contributed by atoms with E-state index in [-0.39, 0.29) is 12.5 Å². The standard InChI is InChI=1S/C24H26NO3P/c25-22-16-29(27,17-23(22)26)18-28-24(19-10-4-1-5-11-19,20-12-6-2-7-13-20)21-14-8-3-9-15-21/h1-15,22-23,26H,16-18,25H2/t22-,23-,29+/m1/s1. The van der Waals surface area contributed by atoms with Crippen LogP contribution >= 0.6 is 7.14 Å². The fourth-order valence-corrected chi connectivity index (χ4v) is 6.90. The van der Waals surface area contributed by atoms with E-state index < -0.39 is 24.9 Å². The minimum Gasteiger partial charge on any atom is -0.391 e. The van der Waals surface area contributed by atoms with Crippen LogP contribution in [0, 0.1) is 0 Å². The topological polar surface area (TPSA) is 72.6 Å². The Morgan fingerprint density at radius 1 is 0.828 bits per heavy atom. The highest BCUT2D eigenvalue weighted by Gasteiger charge is 2.44. The van der Waals surface area contributed by atoms with Crippen molar-refractivity contribution in [2.45, 2.75) is 17.7 Å². The molecule has 4 nitrogen and oxygen atoms in total. The second-order valence-corrected chi connectivity index (χ2v) is 10.8. The summed E-state index contributed by atoms with van der Waals surface area (Å²) in [7, 11) is -2.74. The molecule has 0 unspecified atom stereocenters. The maximum Gasteiger partial charge on any atom is 0.144 e. The molecule has 29 heavy (non-hydrogen) atoms. The SMILES string of the molecule is N[C@@H]1C[P@@](=O)(COC(c2ccccc2)(c2ccccc2)c2ccccc2)C[C@H]1O. The molecule has 0 radical (unpaired) electrons. The van der Waals surface area contributed by atoms with Gasteiger partial charge in [-0.05, 0) is 16.7 Å². The first-order valence-electron chi connectivity index (χ1n) is 9.85. The number of hydrogen-bond acceptors (Lipinski definition) is 4. The quantitative estimate of drug-likeness (QED) is 0.478. The molecule has 0 aliphatic carbocycles. The fraction of sp³-hybridized carbons (Fsp3) is 0.250. The highest BCUT2D eigenvalue weighted by molar-refractivity contribution is 7.64. The summed E-state index contributed by atoms with van der Waals surface area (Å²) in [6.07, 6.45) is -0.147. The predicted molar refractivity (Wildman–Crippen MR) is 116 cm³/mol. The van der Waals surface area contributed by atoms with Gasteiger partial charge in [-0.15, -0.1) is 0 Å². The average Bonchev–Trinajstić information content (AvgIpc) is 3.03. The molecule has 0 saturated carbocycles. The number of benzene rings is 3. The third-order valence-electron chi connectivity index (χ3n) is 5.61. The van der Waals surface area contributed by atoms with Gasteiger partial charge in [0.2, 0.25) is 0 Å². The molecule has 0 aromatic heterocycles. The van der Waals surface area contributed by atoms with E-state index in [1.807, 2.05) is 91.0 Å². The molecule has 3 aromatic carbocycles. The zero-order chi connectivity index (χ0) is 20.3. The lowest BCUT2D eigenvalue weighted by atomic mass is 9.80.